The van der Waals surface area contributed by atoms with Crippen LogP contribution in [0.2, 0.25) is 0 Å². The van der Waals surface area contributed by atoms with E-state index in [1.54, 1.807) is 36.3 Å². The molecular weight excluding hydrogens is 384 g/mol. The summed E-state index contributed by atoms with van der Waals surface area (Å²) in [4.78, 5) is 39.7. The first-order valence-electron chi connectivity index (χ1n) is 9.91. The molecule has 8 nitrogen and oxygen atoms in total. The number of amides is 4. The van der Waals surface area contributed by atoms with Gasteiger partial charge < -0.3 is 25.6 Å². The fourth-order valence-electron chi connectivity index (χ4n) is 4.06. The van der Waals surface area contributed by atoms with Gasteiger partial charge in [0, 0.05) is 24.7 Å². The SMILES string of the molecule is COc1cccc(NC(=O)NC2CCN3C(=O)C(Cc4ccccc4)NC(=O)C23)c1. The standard InChI is InChI=1S/C22H24N4O4/c1-30-16-9-5-8-15(13-16)23-22(29)25-17-10-11-26-19(17)20(27)24-18(21(26)28)12-14-6-3-2-4-7-14/h2-9,13,17-19H,10-12H2,1H3,(H,24,27)(H2,23,25,29). The third kappa shape index (κ3) is 4.07. The highest BCUT2D eigenvalue weighted by Gasteiger charge is 2.48. The van der Waals surface area contributed by atoms with Crippen molar-refractivity contribution in [2.45, 2.75) is 31.0 Å². The minimum absolute atomic E-state index is 0.110. The summed E-state index contributed by atoms with van der Waals surface area (Å²) in [5, 5.41) is 8.41. The highest BCUT2D eigenvalue weighted by molar-refractivity contribution is 5.99. The first kappa shape index (κ1) is 19.8. The van der Waals surface area contributed by atoms with Gasteiger partial charge >= 0.3 is 6.03 Å². The zero-order chi connectivity index (χ0) is 21.1. The summed E-state index contributed by atoms with van der Waals surface area (Å²) in [6.07, 6.45) is 0.969. The zero-order valence-electron chi connectivity index (χ0n) is 16.6. The van der Waals surface area contributed by atoms with Crippen LogP contribution in [0.15, 0.2) is 54.6 Å². The lowest BCUT2D eigenvalue weighted by molar-refractivity contribution is -0.147. The Labute approximate surface area is 174 Å². The van der Waals surface area contributed by atoms with E-state index in [1.165, 1.54) is 0 Å². The smallest absolute Gasteiger partial charge is 0.319 e. The summed E-state index contributed by atoms with van der Waals surface area (Å²) >= 11 is 0. The molecule has 2 aliphatic heterocycles. The second-order valence-corrected chi connectivity index (χ2v) is 7.45. The Bertz CT molecular complexity index is 949. The van der Waals surface area contributed by atoms with Gasteiger partial charge in [-0.25, -0.2) is 4.79 Å². The molecule has 0 spiro atoms. The van der Waals surface area contributed by atoms with Crippen LogP contribution in [0.25, 0.3) is 0 Å². The van der Waals surface area contributed by atoms with E-state index in [0.717, 1.165) is 5.56 Å². The van der Waals surface area contributed by atoms with E-state index in [1.807, 2.05) is 30.3 Å². The number of rotatable bonds is 5. The number of anilines is 1. The predicted molar refractivity (Wildman–Crippen MR) is 111 cm³/mol. The molecule has 2 saturated heterocycles. The van der Waals surface area contributed by atoms with E-state index in [-0.39, 0.29) is 11.8 Å². The molecule has 4 rings (SSSR count). The Morgan fingerprint density at radius 2 is 1.97 bits per heavy atom. The molecule has 2 heterocycles. The summed E-state index contributed by atoms with van der Waals surface area (Å²) in [6, 6.07) is 14.4. The highest BCUT2D eigenvalue weighted by atomic mass is 16.5. The third-order valence-electron chi connectivity index (χ3n) is 5.49. The van der Waals surface area contributed by atoms with Crippen molar-refractivity contribution in [1.82, 2.24) is 15.5 Å². The molecule has 0 bridgehead atoms. The lowest BCUT2D eigenvalue weighted by Crippen LogP contribution is -2.65. The predicted octanol–water partition coefficient (Wildman–Crippen LogP) is 1.53. The minimum atomic E-state index is -0.694. The first-order chi connectivity index (χ1) is 14.5. The molecule has 0 saturated carbocycles. The molecule has 30 heavy (non-hydrogen) atoms. The van der Waals surface area contributed by atoms with Gasteiger partial charge in [0.15, 0.2) is 0 Å². The number of carbonyl (C=O) groups excluding carboxylic acids is 3. The van der Waals surface area contributed by atoms with Gasteiger partial charge in [0.1, 0.15) is 17.8 Å². The van der Waals surface area contributed by atoms with Gasteiger partial charge in [0.25, 0.3) is 0 Å². The van der Waals surface area contributed by atoms with Crippen molar-refractivity contribution >= 4 is 23.5 Å². The van der Waals surface area contributed by atoms with Gasteiger partial charge in [-0.05, 0) is 24.1 Å². The highest BCUT2D eigenvalue weighted by Crippen LogP contribution is 2.24. The normalized spacial score (nSPS) is 22.8. The molecule has 2 aliphatic rings. The number of nitrogens with one attached hydrogen (secondary N) is 3. The number of carbonyl (C=O) groups is 3. The van der Waals surface area contributed by atoms with Crippen molar-refractivity contribution in [1.29, 1.82) is 0 Å². The lowest BCUT2D eigenvalue weighted by Gasteiger charge is -2.36. The van der Waals surface area contributed by atoms with Crippen molar-refractivity contribution in [3.8, 4) is 5.75 Å². The Morgan fingerprint density at radius 3 is 2.73 bits per heavy atom. The van der Waals surface area contributed by atoms with Crippen molar-refractivity contribution in [3.05, 3.63) is 60.2 Å². The largest absolute Gasteiger partial charge is 0.497 e. The van der Waals surface area contributed by atoms with Crippen molar-refractivity contribution < 1.29 is 19.1 Å². The van der Waals surface area contributed by atoms with Gasteiger partial charge in [0.2, 0.25) is 11.8 Å². The van der Waals surface area contributed by atoms with Crippen LogP contribution in [0.3, 0.4) is 0 Å². The quantitative estimate of drug-likeness (QED) is 0.699. The van der Waals surface area contributed by atoms with Gasteiger partial charge in [-0.1, -0.05) is 36.4 Å². The molecule has 156 valence electrons. The zero-order valence-corrected chi connectivity index (χ0v) is 16.6. The molecule has 0 aromatic heterocycles. The Hall–Kier alpha value is -3.55. The summed E-state index contributed by atoms with van der Waals surface area (Å²) in [5.74, 6) is 0.280. The van der Waals surface area contributed by atoms with E-state index in [0.29, 0.717) is 30.8 Å². The molecule has 0 radical (unpaired) electrons. The van der Waals surface area contributed by atoms with Gasteiger partial charge in [-0.3, -0.25) is 9.59 Å². The van der Waals surface area contributed by atoms with Crippen LogP contribution in [-0.2, 0) is 16.0 Å². The summed E-state index contributed by atoms with van der Waals surface area (Å²) in [6.45, 7) is 0.437. The van der Waals surface area contributed by atoms with Gasteiger partial charge in [-0.15, -0.1) is 0 Å². The number of ether oxygens (including phenoxy) is 1. The maximum Gasteiger partial charge on any atom is 0.319 e. The number of nitrogens with zero attached hydrogens (tertiary/aromatic N) is 1. The van der Waals surface area contributed by atoms with Gasteiger partial charge in [-0.2, -0.15) is 0 Å². The second kappa shape index (κ2) is 8.44. The first-order valence-corrected chi connectivity index (χ1v) is 9.91. The monoisotopic (exact) mass is 408 g/mol. The molecule has 8 heteroatoms. The lowest BCUT2D eigenvalue weighted by atomic mass is 9.99. The van der Waals surface area contributed by atoms with Crippen LogP contribution in [0.5, 0.6) is 5.75 Å². The number of methoxy groups -OCH3 is 1. The van der Waals surface area contributed by atoms with Crippen molar-refractivity contribution in [3.63, 3.8) is 0 Å². The average molecular weight is 408 g/mol. The maximum absolute atomic E-state index is 12.9. The molecule has 4 amide bonds. The van der Waals surface area contributed by atoms with E-state index in [9.17, 15) is 14.4 Å². The molecular formula is C22H24N4O4. The van der Waals surface area contributed by atoms with E-state index in [4.69, 9.17) is 4.74 Å². The fourth-order valence-corrected chi connectivity index (χ4v) is 4.06. The summed E-state index contributed by atoms with van der Waals surface area (Å²) in [7, 11) is 1.55. The van der Waals surface area contributed by atoms with Gasteiger partial charge in [0.05, 0.1) is 13.2 Å². The van der Waals surface area contributed by atoms with Crippen LogP contribution in [0, 0.1) is 0 Å². The number of hydrogen-bond acceptors (Lipinski definition) is 4. The Morgan fingerprint density at radius 1 is 1.17 bits per heavy atom. The number of piperazine rings is 1. The number of urea groups is 1. The Balaban J connectivity index is 1.39. The fraction of sp³-hybridized carbons (Fsp3) is 0.318. The molecule has 2 aromatic rings. The van der Waals surface area contributed by atoms with Crippen molar-refractivity contribution in [2.24, 2.45) is 0 Å². The number of benzene rings is 2. The molecule has 2 fully saturated rings. The summed E-state index contributed by atoms with van der Waals surface area (Å²) in [5.41, 5.74) is 1.56. The van der Waals surface area contributed by atoms with Crippen LogP contribution in [-0.4, -0.2) is 54.5 Å². The molecule has 3 atom stereocenters. The maximum atomic E-state index is 12.9. The van der Waals surface area contributed by atoms with Crippen LogP contribution in [0.4, 0.5) is 10.5 Å². The van der Waals surface area contributed by atoms with Crippen LogP contribution >= 0.6 is 0 Å². The molecule has 2 aromatic carbocycles. The third-order valence-corrected chi connectivity index (χ3v) is 5.49. The molecule has 0 aliphatic carbocycles. The second-order valence-electron chi connectivity index (χ2n) is 7.45. The van der Waals surface area contributed by atoms with E-state index < -0.39 is 24.2 Å². The van der Waals surface area contributed by atoms with Crippen molar-refractivity contribution in [2.75, 3.05) is 19.0 Å². The number of fused-ring (bicyclic) bond motifs is 1. The van der Waals surface area contributed by atoms with E-state index in [2.05, 4.69) is 16.0 Å². The topological polar surface area (TPSA) is 99.8 Å². The number of hydrogen-bond donors (Lipinski definition) is 3. The summed E-state index contributed by atoms with van der Waals surface area (Å²) < 4.78 is 5.15. The van der Waals surface area contributed by atoms with Crippen LogP contribution < -0.4 is 20.7 Å². The molecule has 3 unspecified atom stereocenters. The van der Waals surface area contributed by atoms with Crippen LogP contribution in [0.1, 0.15) is 12.0 Å². The minimum Gasteiger partial charge on any atom is -0.497 e. The Kier molecular flexibility index (Phi) is 5.56. The van der Waals surface area contributed by atoms with E-state index >= 15 is 0 Å². The average Bonchev–Trinajstić information content (AvgIpc) is 3.17. The molecule has 3 N–H and O–H groups in total.